The number of imidazole rings is 1. The molecule has 6 N–H and O–H groups in total. The summed E-state index contributed by atoms with van der Waals surface area (Å²) in [6, 6.07) is 0. The maximum Gasteiger partial charge on any atom is 0.330 e. The number of aromatic nitrogens is 4. The Balaban J connectivity index is 1.98. The van der Waals surface area contributed by atoms with E-state index >= 15 is 0 Å². The lowest BCUT2D eigenvalue weighted by Gasteiger charge is -2.30. The van der Waals surface area contributed by atoms with E-state index in [1.54, 1.807) is 0 Å². The lowest BCUT2D eigenvalue weighted by molar-refractivity contribution is -0.343. The number of phosphoric acid groups is 1. The van der Waals surface area contributed by atoms with E-state index in [1.165, 1.54) is 0 Å². The summed E-state index contributed by atoms with van der Waals surface area (Å²) in [5.74, 6) is -0.309. The third kappa shape index (κ3) is 3.23. The minimum Gasteiger partial charge on any atom is -0.790 e. The third-order valence-corrected chi connectivity index (χ3v) is 4.05. The van der Waals surface area contributed by atoms with Crippen LogP contribution in [-0.2, 0) is 13.8 Å². The van der Waals surface area contributed by atoms with Gasteiger partial charge in [0.1, 0.15) is 18.3 Å². The van der Waals surface area contributed by atoms with E-state index in [1.807, 2.05) is 0 Å². The Morgan fingerprint density at radius 2 is 2.00 bits per heavy atom. The second-order valence-electron chi connectivity index (χ2n) is 5.24. The van der Waals surface area contributed by atoms with Gasteiger partial charge in [0.2, 0.25) is 5.95 Å². The molecule has 0 spiro atoms. The lowest BCUT2D eigenvalue weighted by atomic mass is 10.1. The predicted octanol–water partition coefficient (Wildman–Crippen LogP) is -4.54. The van der Waals surface area contributed by atoms with Crippen molar-refractivity contribution < 1.29 is 33.8 Å². The van der Waals surface area contributed by atoms with Gasteiger partial charge in [0, 0.05) is 0 Å². The molecule has 25 heavy (non-hydrogen) atoms. The second-order valence-corrected chi connectivity index (χ2v) is 6.39. The third-order valence-electron chi connectivity index (χ3n) is 3.59. The van der Waals surface area contributed by atoms with Crippen molar-refractivity contribution in [3.8, 4) is 0 Å². The number of aliphatic hydroxyl groups is 2. The van der Waals surface area contributed by atoms with Crippen LogP contribution in [0.25, 0.3) is 11.2 Å². The molecule has 0 aromatic carbocycles. The van der Waals surface area contributed by atoms with Crippen LogP contribution in [0.3, 0.4) is 0 Å². The monoisotopic (exact) mass is 377 g/mol. The van der Waals surface area contributed by atoms with Crippen LogP contribution < -0.4 is 26.8 Å². The van der Waals surface area contributed by atoms with Crippen molar-refractivity contribution >= 4 is 24.9 Å². The van der Waals surface area contributed by atoms with Gasteiger partial charge in [-0.3, -0.25) is 14.8 Å². The van der Waals surface area contributed by atoms with E-state index < -0.39 is 50.2 Å². The Morgan fingerprint density at radius 3 is 2.64 bits per heavy atom. The first-order chi connectivity index (χ1) is 11.6. The molecule has 1 aliphatic rings. The topological polar surface area (TPSA) is 232 Å². The molecule has 15 heteroatoms. The van der Waals surface area contributed by atoms with Gasteiger partial charge in [-0.25, -0.2) is 9.36 Å². The molecule has 4 atom stereocenters. The van der Waals surface area contributed by atoms with Gasteiger partial charge in [-0.05, 0) is 0 Å². The first kappa shape index (κ1) is 17.8. The van der Waals surface area contributed by atoms with E-state index in [0.29, 0.717) is 0 Å². The number of ether oxygens (including phenoxy) is 1. The molecule has 1 fully saturated rings. The fourth-order valence-electron chi connectivity index (χ4n) is 2.51. The van der Waals surface area contributed by atoms with E-state index in [0.717, 1.165) is 4.57 Å². The summed E-state index contributed by atoms with van der Waals surface area (Å²) >= 11 is 0. The summed E-state index contributed by atoms with van der Waals surface area (Å²) in [4.78, 5) is 53.0. The average Bonchev–Trinajstić information content (AvgIpc) is 2.95. The van der Waals surface area contributed by atoms with Crippen LogP contribution in [0, 0.1) is 0 Å². The SMILES string of the molecule is Nc1nc2c([nH]c(=O)n2[C@@H]2O[C@H](COP(=O)([O-])[O-])[C@@H](O)[C@H]2O)c(=O)[nH]1. The zero-order chi connectivity index (χ0) is 18.5. The molecule has 0 amide bonds. The lowest BCUT2D eigenvalue weighted by Crippen LogP contribution is -2.35. The van der Waals surface area contributed by atoms with Crippen LogP contribution in [0.1, 0.15) is 6.23 Å². The van der Waals surface area contributed by atoms with Crippen molar-refractivity contribution in [3.05, 3.63) is 20.8 Å². The van der Waals surface area contributed by atoms with Crippen molar-refractivity contribution in [2.75, 3.05) is 12.3 Å². The predicted molar refractivity (Wildman–Crippen MR) is 74.9 cm³/mol. The summed E-state index contributed by atoms with van der Waals surface area (Å²) in [6.45, 7) is -0.869. The number of rotatable bonds is 4. The van der Waals surface area contributed by atoms with Gasteiger partial charge in [-0.2, -0.15) is 4.98 Å². The second kappa shape index (κ2) is 6.03. The summed E-state index contributed by atoms with van der Waals surface area (Å²) in [5, 5.41) is 20.0. The van der Waals surface area contributed by atoms with Gasteiger partial charge < -0.3 is 39.6 Å². The summed E-state index contributed by atoms with van der Waals surface area (Å²) in [7, 11) is -5.33. The van der Waals surface area contributed by atoms with Crippen LogP contribution in [0.5, 0.6) is 0 Å². The first-order valence-corrected chi connectivity index (χ1v) is 8.23. The number of hydrogen-bond donors (Lipinski definition) is 5. The number of nitrogens with two attached hydrogens (primary N) is 1. The Hall–Kier alpha value is -2.06. The van der Waals surface area contributed by atoms with Gasteiger partial charge in [-0.15, -0.1) is 0 Å². The van der Waals surface area contributed by atoms with E-state index in [4.69, 9.17) is 10.5 Å². The van der Waals surface area contributed by atoms with Gasteiger partial charge in [0.25, 0.3) is 5.56 Å². The van der Waals surface area contributed by atoms with Crippen molar-refractivity contribution in [2.24, 2.45) is 0 Å². The van der Waals surface area contributed by atoms with Crippen LogP contribution >= 0.6 is 7.82 Å². The number of aromatic amines is 2. The maximum absolute atomic E-state index is 12.1. The molecule has 0 bridgehead atoms. The maximum atomic E-state index is 12.1. The zero-order valence-electron chi connectivity index (χ0n) is 12.2. The minimum absolute atomic E-state index is 0.243. The fourth-order valence-corrected chi connectivity index (χ4v) is 2.84. The average molecular weight is 377 g/mol. The van der Waals surface area contributed by atoms with Gasteiger partial charge >= 0.3 is 5.69 Å². The smallest absolute Gasteiger partial charge is 0.330 e. The first-order valence-electron chi connectivity index (χ1n) is 6.76. The van der Waals surface area contributed by atoms with Crippen molar-refractivity contribution in [1.29, 1.82) is 0 Å². The molecule has 3 heterocycles. The highest BCUT2D eigenvalue weighted by Gasteiger charge is 2.45. The molecule has 0 radical (unpaired) electrons. The standard InChI is InChI=1S/C10H14N5O9P/c11-9-13-6-3(7(18)14-9)12-10(19)15(6)8-5(17)4(16)2(24-8)1-23-25(20,21)22/h2,4-5,8,16-17H,1H2,(H,12,19)(H2,20,21,22)(H3,11,13,14,18)/p-2/t2-,4-,5-,8-/m1/s1. The number of aliphatic hydroxyl groups excluding tert-OH is 2. The van der Waals surface area contributed by atoms with Crippen molar-refractivity contribution in [2.45, 2.75) is 24.5 Å². The Labute approximate surface area is 137 Å². The van der Waals surface area contributed by atoms with Gasteiger partial charge in [0.05, 0.1) is 14.4 Å². The van der Waals surface area contributed by atoms with Crippen LogP contribution in [0.4, 0.5) is 5.95 Å². The Kier molecular flexibility index (Phi) is 4.28. The quantitative estimate of drug-likeness (QED) is 0.318. The molecule has 2 aromatic rings. The molecule has 0 aliphatic carbocycles. The van der Waals surface area contributed by atoms with E-state index in [9.17, 15) is 34.2 Å². The summed E-state index contributed by atoms with van der Waals surface area (Å²) < 4.78 is 20.5. The molecule has 14 nitrogen and oxygen atoms in total. The number of nitrogens with zero attached hydrogens (tertiary/aromatic N) is 2. The van der Waals surface area contributed by atoms with Crippen LogP contribution in [0.2, 0.25) is 0 Å². The van der Waals surface area contributed by atoms with Gasteiger partial charge in [0.15, 0.2) is 17.4 Å². The highest BCUT2D eigenvalue weighted by atomic mass is 31.2. The number of phosphoric ester groups is 1. The molecular weight excluding hydrogens is 365 g/mol. The molecule has 0 saturated carbocycles. The molecule has 138 valence electrons. The highest BCUT2D eigenvalue weighted by Crippen LogP contribution is 2.33. The summed E-state index contributed by atoms with van der Waals surface area (Å²) in [6.07, 6.45) is -6.33. The summed E-state index contributed by atoms with van der Waals surface area (Å²) in [5.41, 5.74) is 3.29. The number of hydrogen-bond acceptors (Lipinski definition) is 11. The normalized spacial score (nSPS) is 27.2. The molecule has 1 aliphatic heterocycles. The number of fused-ring (bicyclic) bond motifs is 1. The molecular formula is C10H12N5O9P-2. The van der Waals surface area contributed by atoms with Gasteiger partial charge in [-0.1, -0.05) is 0 Å². The zero-order valence-corrected chi connectivity index (χ0v) is 13.1. The van der Waals surface area contributed by atoms with E-state index in [-0.39, 0.29) is 17.1 Å². The molecule has 0 unspecified atom stereocenters. The number of nitrogens with one attached hydrogen (secondary N) is 2. The number of H-pyrrole nitrogens is 2. The Bertz CT molecular complexity index is 960. The molecule has 3 rings (SSSR count). The number of anilines is 1. The minimum atomic E-state index is -5.33. The fraction of sp³-hybridized carbons (Fsp3) is 0.500. The van der Waals surface area contributed by atoms with Crippen LogP contribution in [-0.4, -0.2) is 54.7 Å². The van der Waals surface area contributed by atoms with Crippen LogP contribution in [0.15, 0.2) is 9.59 Å². The largest absolute Gasteiger partial charge is 0.790 e. The molecule has 1 saturated heterocycles. The van der Waals surface area contributed by atoms with E-state index in [2.05, 4.69) is 19.5 Å². The number of nitrogen functional groups attached to an aromatic ring is 1. The molecule has 2 aromatic heterocycles. The Morgan fingerprint density at radius 1 is 1.32 bits per heavy atom. The van der Waals surface area contributed by atoms with Crippen molar-refractivity contribution in [3.63, 3.8) is 0 Å². The van der Waals surface area contributed by atoms with Crippen molar-refractivity contribution in [1.82, 2.24) is 19.5 Å². The highest BCUT2D eigenvalue weighted by molar-refractivity contribution is 7.43.